The van der Waals surface area contributed by atoms with E-state index in [2.05, 4.69) is 0 Å². The van der Waals surface area contributed by atoms with Crippen molar-refractivity contribution in [3.05, 3.63) is 106 Å². The predicted molar refractivity (Wildman–Crippen MR) is 368 cm³/mol. The normalized spacial score (nSPS) is 19.2. The zero-order valence-electron chi connectivity index (χ0n) is 57.6. The van der Waals surface area contributed by atoms with Gasteiger partial charge in [-0.15, -0.1) is 5.06 Å². The molecular weight excluding hydrogens is 1490 g/mol. The summed E-state index contributed by atoms with van der Waals surface area (Å²) in [5, 5.41) is -0.0919. The van der Waals surface area contributed by atoms with Crippen molar-refractivity contribution >= 4 is 119 Å². The molecule has 0 bridgehead atoms. The summed E-state index contributed by atoms with van der Waals surface area (Å²) in [6, 6.07) is 8.47. The van der Waals surface area contributed by atoms with Gasteiger partial charge in [-0.25, -0.2) is 46.9 Å². The number of carbonyl (C=O) groups excluding carboxylic acids is 3. The van der Waals surface area contributed by atoms with Crippen LogP contribution in [0.15, 0.2) is 114 Å². The van der Waals surface area contributed by atoms with Crippen molar-refractivity contribution in [3.63, 3.8) is 0 Å². The number of imide groups is 1. The van der Waals surface area contributed by atoms with Crippen LogP contribution in [0.1, 0.15) is 89.2 Å². The first-order chi connectivity index (χ1) is 49.1. The monoisotopic (exact) mass is 1570 g/mol. The minimum Gasteiger partial charge on any atom is -0.748 e. The lowest BCUT2D eigenvalue weighted by molar-refractivity contribution is -0.442. The number of benzene rings is 4. The number of carbonyl (C=O) groups is 3. The molecule has 0 radical (unpaired) electrons. The lowest BCUT2D eigenvalue weighted by Crippen LogP contribution is -2.33. The molecule has 4 aromatic carbocycles. The molecule has 0 aromatic heterocycles. The van der Waals surface area contributed by atoms with E-state index in [4.69, 9.17) is 59.1 Å². The van der Waals surface area contributed by atoms with Gasteiger partial charge < -0.3 is 75.1 Å². The Morgan fingerprint density at radius 1 is 0.548 bits per heavy atom. The molecule has 1 aliphatic carbocycles. The largest absolute Gasteiger partial charge is 0.748 e. The molecule has 31 nitrogen and oxygen atoms in total. The van der Waals surface area contributed by atoms with E-state index < -0.39 is 105 Å². The van der Waals surface area contributed by atoms with Crippen LogP contribution in [0, 0.1) is 0 Å². The number of hydrogen-bond donors (Lipinski definition) is 0. The maximum absolute atomic E-state index is 13.3. The highest BCUT2D eigenvalue weighted by Gasteiger charge is 2.50. The third-order valence-corrected chi connectivity index (χ3v) is 22.6. The summed E-state index contributed by atoms with van der Waals surface area (Å²) in [6.45, 7) is 6.95. The summed E-state index contributed by atoms with van der Waals surface area (Å²) in [5.41, 5.74) is 0.0471. The van der Waals surface area contributed by atoms with Gasteiger partial charge in [-0.2, -0.15) is 4.58 Å². The minimum absolute atomic E-state index is 0.00938. The molecule has 2 unspecified atom stereocenters. The minimum atomic E-state index is -5.49. The van der Waals surface area contributed by atoms with Crippen LogP contribution in [0.3, 0.4) is 0 Å². The highest BCUT2D eigenvalue weighted by molar-refractivity contribution is 7.87. The van der Waals surface area contributed by atoms with Crippen LogP contribution < -0.4 is 4.90 Å². The highest BCUT2D eigenvalue weighted by atomic mass is 35.5. The van der Waals surface area contributed by atoms with Crippen molar-refractivity contribution in [1.82, 2.24) is 5.06 Å². The fourth-order valence-corrected chi connectivity index (χ4v) is 16.5. The van der Waals surface area contributed by atoms with Crippen molar-refractivity contribution in [2.75, 3.05) is 144 Å². The maximum atomic E-state index is 13.3. The Hall–Kier alpha value is -6.08. The van der Waals surface area contributed by atoms with Crippen molar-refractivity contribution in [2.24, 2.45) is 0 Å². The number of hydroxylamine groups is 2. The van der Waals surface area contributed by atoms with E-state index in [1.165, 1.54) is 31.4 Å². The number of anilines is 1. The van der Waals surface area contributed by atoms with E-state index in [-0.39, 0.29) is 162 Å². The Morgan fingerprint density at radius 2 is 1.04 bits per heavy atom. The molecule has 104 heavy (non-hydrogen) atoms. The summed E-state index contributed by atoms with van der Waals surface area (Å²) in [5.74, 6) is -3.22. The fraction of sp³-hybridized carbons (Fsp3) is 0.522. The third-order valence-electron chi connectivity index (χ3n) is 17.9. The number of halogens is 1. The molecule has 1 saturated heterocycles. The molecule has 574 valence electrons. The molecule has 4 aliphatic rings. The number of allylic oxidation sites excluding steroid dienone is 8. The molecule has 0 spiro atoms. The molecule has 0 N–H and O–H groups in total. The van der Waals surface area contributed by atoms with E-state index in [0.717, 1.165) is 12.1 Å². The van der Waals surface area contributed by atoms with Gasteiger partial charge in [0.1, 0.15) is 47.1 Å². The van der Waals surface area contributed by atoms with E-state index in [0.29, 0.717) is 110 Å². The zero-order chi connectivity index (χ0) is 75.8. The maximum Gasteiger partial charge on any atom is 0.333 e. The van der Waals surface area contributed by atoms with Crippen LogP contribution in [0.4, 0.5) is 11.4 Å². The second-order valence-electron chi connectivity index (χ2n) is 24.9. The van der Waals surface area contributed by atoms with Crippen molar-refractivity contribution in [3.8, 4) is 0 Å². The van der Waals surface area contributed by atoms with E-state index in [1.807, 2.05) is 0 Å². The van der Waals surface area contributed by atoms with E-state index in [9.17, 15) is 79.2 Å². The van der Waals surface area contributed by atoms with Crippen LogP contribution in [0.5, 0.6) is 0 Å². The molecular formula is C67H82ClN3O28S5-4. The Balaban J connectivity index is 1.23. The summed E-state index contributed by atoms with van der Waals surface area (Å²) < 4.78 is 243. The first-order valence-electron chi connectivity index (χ1n) is 33.1. The first kappa shape index (κ1) is 83.6. The van der Waals surface area contributed by atoms with Crippen LogP contribution in [0.25, 0.3) is 21.5 Å². The van der Waals surface area contributed by atoms with Gasteiger partial charge in [-0.3, -0.25) is 9.59 Å². The molecule has 0 saturated carbocycles. The van der Waals surface area contributed by atoms with Gasteiger partial charge in [-0.05, 0) is 134 Å². The summed E-state index contributed by atoms with van der Waals surface area (Å²) in [7, 11) is -23.6. The summed E-state index contributed by atoms with van der Waals surface area (Å²) >= 11 is 7.49. The molecule has 2 atom stereocenters. The standard InChI is InChI=1S/C67H86ClN3O28S5/c1-66(21-7-41-100(75,76)77)58(70(24-26-93-32-34-97-39-40-98-38-36-95-30-28-91-4)55-16-14-50-52(63(55)66)42-48(101(78,79)80)44-56(50)103(84,85)86)17-11-46-8-5-9-47(65(46)68)12-18-59-67(2,22-25-92-31-33-96-37-35-94-29-27-90-3)64-53-43-49(102(81,82)83)45-57(104(87,88)89)51(53)13-15-54(64)69(59)23-6-10-62(74)99-71-60(72)19-20-61(71)73/h11-18,42-45H,5-10,19-41H2,1-4H3,(H4-,75,76,77,78,79,80,81,82,83,84,85,86,87,88,89)/p-4. The number of hydrogen-bond acceptors (Lipinski definition) is 29. The van der Waals surface area contributed by atoms with Gasteiger partial charge in [0.2, 0.25) is 5.69 Å². The first-order valence-corrected chi connectivity index (χ1v) is 40.7. The molecule has 3 heterocycles. The number of ether oxygens (including phenoxy) is 9. The summed E-state index contributed by atoms with van der Waals surface area (Å²) in [4.78, 5) is 41.0. The zero-order valence-corrected chi connectivity index (χ0v) is 62.5. The third kappa shape index (κ3) is 21.4. The lowest BCUT2D eigenvalue weighted by atomic mass is 9.74. The number of methoxy groups -OCH3 is 2. The van der Waals surface area contributed by atoms with E-state index in [1.54, 1.807) is 54.7 Å². The van der Waals surface area contributed by atoms with Crippen LogP contribution in [0.2, 0.25) is 0 Å². The van der Waals surface area contributed by atoms with Crippen LogP contribution in [-0.2, 0) is 123 Å². The second-order valence-corrected chi connectivity index (χ2v) is 32.3. The molecule has 37 heteroatoms. The number of fused-ring (bicyclic) bond motifs is 6. The van der Waals surface area contributed by atoms with Gasteiger partial charge in [0.25, 0.3) is 11.8 Å². The predicted octanol–water partition coefficient (Wildman–Crippen LogP) is 5.30. The van der Waals surface area contributed by atoms with Crippen molar-refractivity contribution in [1.29, 1.82) is 0 Å². The van der Waals surface area contributed by atoms with Crippen LogP contribution >= 0.6 is 11.6 Å². The molecule has 2 amide bonds. The average Bonchev–Trinajstić information content (AvgIpc) is 1.54. The highest BCUT2D eigenvalue weighted by Crippen LogP contribution is 2.55. The molecule has 3 aliphatic heterocycles. The van der Waals surface area contributed by atoms with Crippen LogP contribution in [-0.4, -0.2) is 237 Å². The van der Waals surface area contributed by atoms with E-state index >= 15 is 0 Å². The van der Waals surface area contributed by atoms with Gasteiger partial charge in [0, 0.05) is 97.3 Å². The number of nitrogens with zero attached hydrogens (tertiary/aromatic N) is 3. The average molecular weight is 1570 g/mol. The Labute approximate surface area is 609 Å². The number of amides is 2. The smallest absolute Gasteiger partial charge is 0.333 e. The lowest BCUT2D eigenvalue weighted by Gasteiger charge is -2.31. The Bertz CT molecular complexity index is 4580. The fourth-order valence-electron chi connectivity index (χ4n) is 13.1. The number of rotatable bonds is 43. The van der Waals surface area contributed by atoms with Gasteiger partial charge >= 0.3 is 5.97 Å². The van der Waals surface area contributed by atoms with Crippen molar-refractivity contribution in [2.45, 2.75) is 108 Å². The molecule has 1 fully saturated rings. The Morgan fingerprint density at radius 3 is 1.54 bits per heavy atom. The summed E-state index contributed by atoms with van der Waals surface area (Å²) in [6.07, 6.45) is 6.78. The van der Waals surface area contributed by atoms with Gasteiger partial charge in [0.15, 0.2) is 12.3 Å². The van der Waals surface area contributed by atoms with Crippen molar-refractivity contribution < 1.29 is 131 Å². The van der Waals surface area contributed by atoms with Gasteiger partial charge in [0.05, 0.1) is 128 Å². The second kappa shape index (κ2) is 36.7. The molecule has 8 rings (SSSR count). The quantitative estimate of drug-likeness (QED) is 0.0235. The van der Waals surface area contributed by atoms with Gasteiger partial charge in [-0.1, -0.05) is 29.8 Å². The SMILES string of the molecule is COCCOCCOCCOCCOCC[N+]1=C(/C=C/C2=C(Cl)C(=C/C=C3/N(CCCC(=O)ON4C(=O)CCC4=O)c4ccc5c(S(=O)(=O)[O-])cc(S(=O)(=O)[O-])cc5c4C3(C)CCOCCOCCOCCOC)/CCC2)C(C)(CCCS(=O)(=O)[O-])c2c1ccc1c(S(=O)(=O)[O-])cc(S(=O)(=O)[O-])cc21. The Kier molecular flexibility index (Phi) is 29.5. The molecule has 4 aromatic rings. The topological polar surface area (TPSA) is 439 Å².